The van der Waals surface area contributed by atoms with E-state index >= 15 is 0 Å². The number of esters is 1. The molecule has 3 rings (SSSR count). The number of halogens is 3. The van der Waals surface area contributed by atoms with Crippen LogP contribution in [0.5, 0.6) is 5.75 Å². The number of ether oxygens (including phenoxy) is 2. The van der Waals surface area contributed by atoms with Gasteiger partial charge in [-0.2, -0.15) is 5.26 Å². The zero-order valence-electron chi connectivity index (χ0n) is 17.8. The van der Waals surface area contributed by atoms with Gasteiger partial charge in [0.05, 0.1) is 19.8 Å². The molecule has 0 aliphatic rings. The van der Waals surface area contributed by atoms with Gasteiger partial charge in [0.15, 0.2) is 0 Å². The van der Waals surface area contributed by atoms with E-state index in [0.29, 0.717) is 22.6 Å². The van der Waals surface area contributed by atoms with Crippen molar-refractivity contribution in [2.75, 3.05) is 12.4 Å². The average molecular weight is 682 g/mol. The number of benzene rings is 3. The Balaban J connectivity index is 1.73. The molecule has 3 aromatic rings. The molecule has 0 saturated carbocycles. The Morgan fingerprint density at radius 2 is 1.68 bits per heavy atom. The highest BCUT2D eigenvalue weighted by Gasteiger charge is 2.13. The molecule has 0 aliphatic carbocycles. The smallest absolute Gasteiger partial charge is 0.337 e. The predicted molar refractivity (Wildman–Crippen MR) is 143 cm³/mol. The molecule has 34 heavy (non-hydrogen) atoms. The van der Waals surface area contributed by atoms with Gasteiger partial charge in [-0.05, 0) is 111 Å². The Kier molecular flexibility index (Phi) is 9.00. The van der Waals surface area contributed by atoms with Gasteiger partial charge in [0.25, 0.3) is 5.91 Å². The highest BCUT2D eigenvalue weighted by atomic mass is 127. The van der Waals surface area contributed by atoms with Crippen LogP contribution in [0.25, 0.3) is 6.08 Å². The molecule has 1 amide bonds. The van der Waals surface area contributed by atoms with Crippen LogP contribution in [-0.4, -0.2) is 19.0 Å². The van der Waals surface area contributed by atoms with Crippen molar-refractivity contribution in [2.24, 2.45) is 0 Å². The third-order valence-corrected chi connectivity index (χ3v) is 6.16. The second-order valence-electron chi connectivity index (χ2n) is 6.92. The van der Waals surface area contributed by atoms with Crippen LogP contribution in [0.1, 0.15) is 21.5 Å². The minimum Gasteiger partial charge on any atom is -0.487 e. The standard InChI is InChI=1S/C25H17FI2N2O4/c1-33-25(32)17-4-8-20(9-5-17)30-24(31)18(13-29)10-16-11-21(27)23(22(28)12-16)34-14-15-2-6-19(26)7-3-15/h2-12H,14H2,1H3,(H,30,31)/b18-10+. The molecule has 0 bridgehead atoms. The molecule has 172 valence electrons. The first-order valence-electron chi connectivity index (χ1n) is 9.78. The monoisotopic (exact) mass is 682 g/mol. The van der Waals surface area contributed by atoms with Crippen molar-refractivity contribution in [3.63, 3.8) is 0 Å². The van der Waals surface area contributed by atoms with E-state index in [1.807, 2.05) is 6.07 Å². The first kappa shape index (κ1) is 25.6. The zero-order chi connectivity index (χ0) is 24.7. The summed E-state index contributed by atoms with van der Waals surface area (Å²) in [5.74, 6) is -0.698. The molecule has 0 saturated heterocycles. The number of hydrogen-bond acceptors (Lipinski definition) is 5. The van der Waals surface area contributed by atoms with Crippen molar-refractivity contribution in [2.45, 2.75) is 6.61 Å². The van der Waals surface area contributed by atoms with Crippen LogP contribution >= 0.6 is 45.2 Å². The molecule has 9 heteroatoms. The summed E-state index contributed by atoms with van der Waals surface area (Å²) in [5, 5.41) is 12.2. The normalized spacial score (nSPS) is 10.9. The number of hydrogen-bond donors (Lipinski definition) is 1. The van der Waals surface area contributed by atoms with Crippen LogP contribution in [0.15, 0.2) is 66.2 Å². The lowest BCUT2D eigenvalue weighted by molar-refractivity contribution is -0.112. The molecule has 3 aromatic carbocycles. The summed E-state index contributed by atoms with van der Waals surface area (Å²) >= 11 is 4.25. The topological polar surface area (TPSA) is 88.4 Å². The number of carbonyl (C=O) groups excluding carboxylic acids is 2. The van der Waals surface area contributed by atoms with Crippen LogP contribution in [-0.2, 0) is 16.1 Å². The first-order valence-corrected chi connectivity index (χ1v) is 11.9. The van der Waals surface area contributed by atoms with Gasteiger partial charge in [0.2, 0.25) is 0 Å². The molecular formula is C25H17FI2N2O4. The average Bonchev–Trinajstić information content (AvgIpc) is 2.83. The third-order valence-electron chi connectivity index (χ3n) is 4.56. The second kappa shape index (κ2) is 11.9. The lowest BCUT2D eigenvalue weighted by atomic mass is 10.1. The molecule has 0 heterocycles. The number of nitrogens with zero attached hydrogens (tertiary/aromatic N) is 1. The van der Waals surface area contributed by atoms with Crippen LogP contribution in [0.3, 0.4) is 0 Å². The van der Waals surface area contributed by atoms with Crippen LogP contribution in [0.4, 0.5) is 10.1 Å². The Labute approximate surface area is 223 Å². The number of amides is 1. The molecule has 0 fully saturated rings. The molecule has 0 unspecified atom stereocenters. The molecule has 1 N–H and O–H groups in total. The van der Waals surface area contributed by atoms with Gasteiger partial charge in [-0.25, -0.2) is 9.18 Å². The Hall–Kier alpha value is -2.98. The summed E-state index contributed by atoms with van der Waals surface area (Å²) in [6.07, 6.45) is 1.49. The lowest BCUT2D eigenvalue weighted by Crippen LogP contribution is -2.13. The van der Waals surface area contributed by atoms with Crippen molar-refractivity contribution in [1.29, 1.82) is 5.26 Å². The molecule has 0 radical (unpaired) electrons. The van der Waals surface area contributed by atoms with Gasteiger partial charge < -0.3 is 14.8 Å². The maximum absolute atomic E-state index is 13.1. The number of nitriles is 1. The van der Waals surface area contributed by atoms with E-state index in [-0.39, 0.29) is 18.0 Å². The third kappa shape index (κ3) is 6.77. The van der Waals surface area contributed by atoms with Crippen molar-refractivity contribution in [1.82, 2.24) is 0 Å². The summed E-state index contributed by atoms with van der Waals surface area (Å²) in [6, 6.07) is 17.8. The molecule has 0 aromatic heterocycles. The van der Waals surface area contributed by atoms with Crippen molar-refractivity contribution in [3.05, 3.63) is 95.9 Å². The van der Waals surface area contributed by atoms with Crippen LogP contribution in [0.2, 0.25) is 0 Å². The molecule has 0 aliphatic heterocycles. The number of anilines is 1. The summed E-state index contributed by atoms with van der Waals surface area (Å²) in [4.78, 5) is 24.1. The number of carbonyl (C=O) groups is 2. The van der Waals surface area contributed by atoms with Crippen LogP contribution < -0.4 is 10.1 Å². The van der Waals surface area contributed by atoms with E-state index in [4.69, 9.17) is 4.74 Å². The minimum absolute atomic E-state index is 0.0800. The van der Waals surface area contributed by atoms with Gasteiger partial charge in [-0.1, -0.05) is 12.1 Å². The Bertz CT molecular complexity index is 1260. The summed E-state index contributed by atoms with van der Waals surface area (Å²) < 4.78 is 25.2. The Morgan fingerprint density at radius 3 is 2.24 bits per heavy atom. The number of methoxy groups -OCH3 is 1. The second-order valence-corrected chi connectivity index (χ2v) is 9.25. The van der Waals surface area contributed by atoms with E-state index in [9.17, 15) is 19.2 Å². The van der Waals surface area contributed by atoms with Crippen molar-refractivity contribution < 1.29 is 23.5 Å². The largest absolute Gasteiger partial charge is 0.487 e. The van der Waals surface area contributed by atoms with E-state index in [1.165, 1.54) is 37.5 Å². The van der Waals surface area contributed by atoms with Gasteiger partial charge in [0, 0.05) is 5.69 Å². The minimum atomic E-state index is -0.574. The quantitative estimate of drug-likeness (QED) is 0.144. The fraction of sp³-hybridized carbons (Fsp3) is 0.0800. The summed E-state index contributed by atoms with van der Waals surface area (Å²) in [5.41, 5.74) is 2.20. The summed E-state index contributed by atoms with van der Waals surface area (Å²) in [7, 11) is 1.29. The van der Waals surface area contributed by atoms with E-state index in [1.54, 1.807) is 36.4 Å². The van der Waals surface area contributed by atoms with Gasteiger partial charge in [0.1, 0.15) is 29.8 Å². The van der Waals surface area contributed by atoms with E-state index in [2.05, 4.69) is 55.2 Å². The van der Waals surface area contributed by atoms with Crippen molar-refractivity contribution in [3.8, 4) is 11.8 Å². The van der Waals surface area contributed by atoms with Crippen molar-refractivity contribution >= 4 is 68.8 Å². The van der Waals surface area contributed by atoms with Crippen LogP contribution in [0, 0.1) is 24.3 Å². The Morgan fingerprint density at radius 1 is 1.06 bits per heavy atom. The zero-order valence-corrected chi connectivity index (χ0v) is 22.1. The van der Waals surface area contributed by atoms with Gasteiger partial charge in [-0.3, -0.25) is 4.79 Å². The summed E-state index contributed by atoms with van der Waals surface area (Å²) in [6.45, 7) is 0.280. The number of rotatable bonds is 7. The molecule has 0 spiro atoms. The lowest BCUT2D eigenvalue weighted by Gasteiger charge is -2.12. The van der Waals surface area contributed by atoms with Gasteiger partial charge >= 0.3 is 5.97 Å². The fourth-order valence-corrected chi connectivity index (χ4v) is 4.99. The highest BCUT2D eigenvalue weighted by molar-refractivity contribution is 14.1. The fourth-order valence-electron chi connectivity index (χ4n) is 2.86. The highest BCUT2D eigenvalue weighted by Crippen LogP contribution is 2.30. The van der Waals surface area contributed by atoms with E-state index in [0.717, 1.165) is 12.7 Å². The first-order chi connectivity index (χ1) is 16.3. The molecule has 0 atom stereocenters. The SMILES string of the molecule is COC(=O)c1ccc(NC(=O)/C(C#N)=C/c2cc(I)c(OCc3ccc(F)cc3)c(I)c2)cc1. The van der Waals surface area contributed by atoms with Gasteiger partial charge in [-0.15, -0.1) is 0 Å². The predicted octanol–water partition coefficient (Wildman–Crippen LogP) is 5.95. The maximum atomic E-state index is 13.1. The molecular weight excluding hydrogens is 665 g/mol. The van der Waals surface area contributed by atoms with E-state index < -0.39 is 11.9 Å². The maximum Gasteiger partial charge on any atom is 0.337 e. The number of nitrogens with one attached hydrogen (secondary N) is 1. The molecule has 6 nitrogen and oxygen atoms in total.